The Morgan fingerprint density at radius 1 is 0.924 bits per heavy atom. The molecule has 0 radical (unpaired) electrons. The van der Waals surface area contributed by atoms with Gasteiger partial charge in [0.1, 0.15) is 31.0 Å². The van der Waals surface area contributed by atoms with Gasteiger partial charge in [-0.1, -0.05) is 77.8 Å². The van der Waals surface area contributed by atoms with Gasteiger partial charge in [-0.3, -0.25) is 9.59 Å². The number of fused-ring (bicyclic) bond motifs is 2. The van der Waals surface area contributed by atoms with E-state index >= 15 is 0 Å². The molecule has 5 aromatic carbocycles. The largest absolute Gasteiger partial charge is 0.489 e. The number of amides is 2. The van der Waals surface area contributed by atoms with Crippen LogP contribution in [0.1, 0.15) is 51.3 Å². The highest BCUT2D eigenvalue weighted by Gasteiger charge is 2.43. The summed E-state index contributed by atoms with van der Waals surface area (Å²) < 4.78 is 54.2. The molecule has 18 heteroatoms. The van der Waals surface area contributed by atoms with Crippen LogP contribution in [0.15, 0.2) is 108 Å². The van der Waals surface area contributed by atoms with Crippen molar-refractivity contribution < 1.29 is 41.7 Å². The lowest BCUT2D eigenvalue weighted by atomic mass is 9.93. The molecule has 1 aromatic heterocycles. The number of methoxy groups -OCH3 is 1. The molecule has 2 aliphatic heterocycles. The van der Waals surface area contributed by atoms with Crippen LogP contribution in [0.25, 0.3) is 11.1 Å². The van der Waals surface area contributed by atoms with E-state index in [1.807, 2.05) is 66.7 Å². The van der Waals surface area contributed by atoms with Crippen LogP contribution >= 0.6 is 34.5 Å². The van der Waals surface area contributed by atoms with E-state index in [2.05, 4.69) is 21.7 Å². The van der Waals surface area contributed by atoms with Crippen LogP contribution < -0.4 is 24.8 Å². The number of anilines is 1. The minimum atomic E-state index is -4.52. The van der Waals surface area contributed by atoms with Crippen molar-refractivity contribution in [2.75, 3.05) is 19.0 Å². The van der Waals surface area contributed by atoms with E-state index in [1.165, 1.54) is 14.0 Å². The van der Waals surface area contributed by atoms with Crippen molar-refractivity contribution in [1.82, 2.24) is 14.6 Å². The number of nitriles is 1. The summed E-state index contributed by atoms with van der Waals surface area (Å²) >= 11 is 13.2. The van der Waals surface area contributed by atoms with Crippen LogP contribution in [-0.2, 0) is 55.1 Å². The third-order valence-electron chi connectivity index (χ3n) is 11.1. The number of aryl methyl sites for hydroxylation is 1. The highest BCUT2D eigenvalue weighted by Crippen LogP contribution is 2.42. The van der Waals surface area contributed by atoms with E-state index < -0.39 is 46.0 Å². The maximum atomic E-state index is 14.7. The molecule has 0 fully saturated rings. The molecular formula is C48H41Cl2N5O9S2. The Morgan fingerprint density at radius 3 is 2.27 bits per heavy atom. The van der Waals surface area contributed by atoms with Crippen LogP contribution in [0.3, 0.4) is 0 Å². The van der Waals surface area contributed by atoms with E-state index in [-0.39, 0.29) is 42.8 Å². The summed E-state index contributed by atoms with van der Waals surface area (Å²) in [6, 6.07) is 30.3. The zero-order chi connectivity index (χ0) is 46.7. The molecule has 0 saturated carbocycles. The van der Waals surface area contributed by atoms with Gasteiger partial charge in [0.05, 0.1) is 28.8 Å². The van der Waals surface area contributed by atoms with Gasteiger partial charge in [-0.05, 0) is 101 Å². The Kier molecular flexibility index (Phi) is 13.6. The number of sulfonamides is 1. The number of carbonyl (C=O) groups excluding carboxylic acids is 3. The normalized spacial score (nSPS) is 16.0. The number of hydrogen-bond acceptors (Lipinski definition) is 12. The number of benzene rings is 5. The van der Waals surface area contributed by atoms with Crippen molar-refractivity contribution in [2.24, 2.45) is 0 Å². The molecule has 6 aromatic rings. The van der Waals surface area contributed by atoms with Gasteiger partial charge in [0.15, 0.2) is 27.8 Å². The summed E-state index contributed by atoms with van der Waals surface area (Å²) in [6.45, 7) is 3.06. The van der Waals surface area contributed by atoms with Gasteiger partial charge in [-0.15, -0.1) is 11.3 Å². The van der Waals surface area contributed by atoms with E-state index in [4.69, 9.17) is 47.4 Å². The predicted octanol–water partition coefficient (Wildman–Crippen LogP) is 8.36. The molecular weight excluding hydrogens is 926 g/mol. The molecule has 3 heterocycles. The maximum absolute atomic E-state index is 14.7. The summed E-state index contributed by atoms with van der Waals surface area (Å²) in [5.74, 6) is -0.441. The number of carbonyl (C=O) groups is 3. The van der Waals surface area contributed by atoms with Gasteiger partial charge < -0.3 is 29.6 Å². The molecule has 0 bridgehead atoms. The zero-order valence-electron chi connectivity index (χ0n) is 35.7. The molecule has 0 aliphatic carbocycles. The van der Waals surface area contributed by atoms with Gasteiger partial charge in [0, 0.05) is 24.8 Å². The van der Waals surface area contributed by atoms with E-state index in [0.29, 0.717) is 54.4 Å². The number of esters is 1. The van der Waals surface area contributed by atoms with Crippen LogP contribution in [0.5, 0.6) is 17.2 Å². The van der Waals surface area contributed by atoms with E-state index in [1.54, 1.807) is 43.3 Å². The average molecular weight is 967 g/mol. The first-order valence-corrected chi connectivity index (χ1v) is 23.6. The number of rotatable bonds is 13. The number of nitrogens with zero attached hydrogens (tertiary/aromatic N) is 3. The van der Waals surface area contributed by atoms with Crippen LogP contribution in [0.2, 0.25) is 10.0 Å². The highest BCUT2D eigenvalue weighted by atomic mass is 35.5. The Balaban J connectivity index is 1.04. The molecule has 3 atom stereocenters. The number of aromatic nitrogens is 1. The van der Waals surface area contributed by atoms with Gasteiger partial charge >= 0.3 is 5.97 Å². The summed E-state index contributed by atoms with van der Waals surface area (Å²) in [4.78, 5) is 44.2. The van der Waals surface area contributed by atoms with Gasteiger partial charge in [-0.2, -0.15) is 9.57 Å². The van der Waals surface area contributed by atoms with Gasteiger partial charge in [0.25, 0.3) is 10.0 Å². The van der Waals surface area contributed by atoms with E-state index in [9.17, 15) is 22.8 Å². The monoisotopic (exact) mass is 965 g/mol. The number of nitrogens with one attached hydrogen (secondary N) is 2. The molecule has 2 N–H and O–H groups in total. The summed E-state index contributed by atoms with van der Waals surface area (Å²) in [6.07, 6.45) is -0.547. The van der Waals surface area contributed by atoms with Crippen molar-refractivity contribution in [3.05, 3.63) is 151 Å². The first-order chi connectivity index (χ1) is 31.7. The molecule has 338 valence electrons. The lowest BCUT2D eigenvalue weighted by Gasteiger charge is -2.36. The molecule has 14 nitrogen and oxygen atoms in total. The first-order valence-electron chi connectivity index (χ1n) is 20.6. The fourth-order valence-electron chi connectivity index (χ4n) is 7.69. The molecule has 0 spiro atoms. The topological polar surface area (TPSA) is 186 Å². The molecule has 8 rings (SSSR count). The Morgan fingerprint density at radius 2 is 1.61 bits per heavy atom. The predicted molar refractivity (Wildman–Crippen MR) is 248 cm³/mol. The quantitative estimate of drug-likeness (QED) is 0.106. The minimum absolute atomic E-state index is 0.0434. The molecule has 66 heavy (non-hydrogen) atoms. The second kappa shape index (κ2) is 19.5. The fraction of sp³-hybridized carbons (Fsp3) is 0.229. The second-order valence-corrected chi connectivity index (χ2v) is 19.4. The number of thiazole rings is 1. The Hall–Kier alpha value is -6.48. The van der Waals surface area contributed by atoms with Crippen molar-refractivity contribution >= 4 is 67.5 Å². The summed E-state index contributed by atoms with van der Waals surface area (Å²) in [5, 5.41) is 15.2. The van der Waals surface area contributed by atoms with Crippen LogP contribution in [-0.4, -0.2) is 61.3 Å². The zero-order valence-corrected chi connectivity index (χ0v) is 38.8. The maximum Gasteiger partial charge on any atom is 0.328 e. The van der Waals surface area contributed by atoms with E-state index in [0.717, 1.165) is 37.9 Å². The Bertz CT molecular complexity index is 2980. The second-order valence-electron chi connectivity index (χ2n) is 15.6. The fourth-order valence-corrected chi connectivity index (χ4v) is 10.9. The smallest absolute Gasteiger partial charge is 0.328 e. The summed E-state index contributed by atoms with van der Waals surface area (Å²) in [7, 11) is -3.31. The van der Waals surface area contributed by atoms with Crippen molar-refractivity contribution in [2.45, 2.75) is 63.1 Å². The van der Waals surface area contributed by atoms with Crippen molar-refractivity contribution in [3.63, 3.8) is 0 Å². The third kappa shape index (κ3) is 10.2. The molecule has 2 amide bonds. The van der Waals surface area contributed by atoms with Gasteiger partial charge in [0.2, 0.25) is 11.8 Å². The minimum Gasteiger partial charge on any atom is -0.489 e. The number of ether oxygens (including phenoxy) is 4. The molecule has 3 unspecified atom stereocenters. The number of hydrogen-bond donors (Lipinski definition) is 2. The third-order valence-corrected chi connectivity index (χ3v) is 14.7. The Labute approximate surface area is 395 Å². The molecule has 0 saturated heterocycles. The first kappa shape index (κ1) is 46.1. The lowest BCUT2D eigenvalue weighted by molar-refractivity contribution is -0.145. The van der Waals surface area contributed by atoms with Crippen molar-refractivity contribution in [1.29, 1.82) is 5.26 Å². The lowest BCUT2D eigenvalue weighted by Crippen LogP contribution is -2.56. The number of halogens is 2. The summed E-state index contributed by atoms with van der Waals surface area (Å²) in [5.41, 5.74) is 5.91. The SMILES string of the molecule is COC(=O)C(Cc1ccc(-c2ccc(C#N)cc2)cc1)NC(=O)C1Cc2cc3c(cc2CN1S(=O)(=O)c1nc(NC(C)=O)sc1C)OC(c1ccc(OCc2ccc(Cl)c(Cl)c2)cc1)CO3. The highest BCUT2D eigenvalue weighted by molar-refractivity contribution is 7.89. The standard InChI is InChI=1S/C48H41Cl2N5O9S2/c1-27-46(54-48(65-27)52-28(2)56)66(59,60)55-24-36-22-43-42(63-26-44(64-43)34-13-15-37(16-14-34)62-25-31-8-17-38(49)39(50)18-31)21-35(36)20-41(55)45(57)53-40(47(58)61-3)19-29-4-9-32(10-5-29)33-11-6-30(23-51)7-12-33/h4-18,21-22,40-41,44H,19-20,24-26H2,1-3H3,(H,53,57)(H,52,54,56). The molecule has 2 aliphatic rings. The van der Waals surface area contributed by atoms with Crippen molar-refractivity contribution in [3.8, 4) is 34.4 Å². The van der Waals surface area contributed by atoms with Gasteiger partial charge in [-0.25, -0.2) is 18.2 Å². The van der Waals surface area contributed by atoms with Crippen LogP contribution in [0, 0.1) is 18.3 Å². The average Bonchev–Trinajstić information content (AvgIpc) is 3.70. The van der Waals surface area contributed by atoms with Crippen LogP contribution in [0.4, 0.5) is 5.13 Å².